The van der Waals surface area contributed by atoms with Crippen LogP contribution in [0.2, 0.25) is 0 Å². The molecule has 0 aliphatic heterocycles. The Morgan fingerprint density at radius 3 is 2.68 bits per heavy atom. The molecule has 118 valence electrons. The minimum absolute atomic E-state index is 0.0157. The quantitative estimate of drug-likeness (QED) is 0.786. The number of benzene rings is 1. The molecule has 1 heterocycles. The van der Waals surface area contributed by atoms with Gasteiger partial charge in [0.25, 0.3) is 5.19 Å². The van der Waals surface area contributed by atoms with Crippen LogP contribution in [0.5, 0.6) is 10.9 Å². The average Bonchev–Trinajstić information content (AvgIpc) is 2.76. The lowest BCUT2D eigenvalue weighted by molar-refractivity contribution is 0.0635. The summed E-state index contributed by atoms with van der Waals surface area (Å²) in [4.78, 5) is 15.7. The molecule has 0 spiro atoms. The molecule has 0 saturated heterocycles. The number of halogens is 2. The molecule has 2 aromatic rings. The van der Waals surface area contributed by atoms with E-state index in [0.717, 1.165) is 0 Å². The van der Waals surface area contributed by atoms with Gasteiger partial charge in [0.15, 0.2) is 5.82 Å². The molecule has 8 heteroatoms. The van der Waals surface area contributed by atoms with Crippen LogP contribution in [0.3, 0.4) is 0 Å². The van der Waals surface area contributed by atoms with Gasteiger partial charge < -0.3 is 9.47 Å². The normalized spacial score (nSPS) is 11.1. The molecule has 0 radical (unpaired) electrons. The second-order valence-electron chi connectivity index (χ2n) is 5.31. The summed E-state index contributed by atoms with van der Waals surface area (Å²) in [6.07, 6.45) is -0.719. The van der Waals surface area contributed by atoms with Crippen LogP contribution in [-0.4, -0.2) is 16.7 Å². The maximum absolute atomic E-state index is 14.0. The average molecular weight is 389 g/mol. The van der Waals surface area contributed by atoms with E-state index in [1.54, 1.807) is 26.2 Å². The van der Waals surface area contributed by atoms with Crippen molar-refractivity contribution in [2.24, 2.45) is 0 Å². The summed E-state index contributed by atoms with van der Waals surface area (Å²) in [7, 11) is 0. The van der Waals surface area contributed by atoms with E-state index in [1.165, 1.54) is 29.5 Å². The zero-order chi connectivity index (χ0) is 16.3. The number of aromatic nitrogens is 1. The van der Waals surface area contributed by atoms with Crippen molar-refractivity contribution < 1.29 is 18.7 Å². The zero-order valence-corrected chi connectivity index (χ0v) is 14.5. The highest BCUT2D eigenvalue weighted by Crippen LogP contribution is 2.29. The zero-order valence-electron chi connectivity index (χ0n) is 12.1. The molecule has 0 bridgehead atoms. The Morgan fingerprint density at radius 1 is 1.41 bits per heavy atom. The van der Waals surface area contributed by atoms with Crippen molar-refractivity contribution in [2.75, 3.05) is 5.32 Å². The van der Waals surface area contributed by atoms with Gasteiger partial charge in [-0.3, -0.25) is 5.32 Å². The van der Waals surface area contributed by atoms with E-state index in [1.807, 2.05) is 0 Å². The molecule has 0 saturated carbocycles. The van der Waals surface area contributed by atoms with E-state index in [2.05, 4.69) is 26.2 Å². The minimum atomic E-state index is -0.719. The minimum Gasteiger partial charge on any atom is -0.444 e. The van der Waals surface area contributed by atoms with Gasteiger partial charge in [-0.05, 0) is 48.8 Å². The SMILES string of the molecule is CC(C)(C)OC(=O)Nc1ccc(Oc2nc(Br)cs2)cc1F. The van der Waals surface area contributed by atoms with Crippen LogP contribution in [0.25, 0.3) is 0 Å². The van der Waals surface area contributed by atoms with Crippen LogP contribution in [-0.2, 0) is 4.74 Å². The summed E-state index contributed by atoms with van der Waals surface area (Å²) in [5.74, 6) is -0.340. The standard InChI is InChI=1S/C14H14BrFN2O3S/c1-14(2,3)21-12(19)17-10-5-4-8(6-9(10)16)20-13-18-11(15)7-22-13/h4-7H,1-3H3,(H,17,19). The molecular weight excluding hydrogens is 375 g/mol. The highest BCUT2D eigenvalue weighted by molar-refractivity contribution is 9.10. The summed E-state index contributed by atoms with van der Waals surface area (Å²) in [5.41, 5.74) is -0.635. The van der Waals surface area contributed by atoms with Crippen LogP contribution in [0.1, 0.15) is 20.8 Å². The van der Waals surface area contributed by atoms with E-state index in [0.29, 0.717) is 9.80 Å². The van der Waals surface area contributed by atoms with Gasteiger partial charge in [0, 0.05) is 11.4 Å². The Labute approximate surface area is 139 Å². The number of nitrogens with one attached hydrogen (secondary N) is 1. The fraction of sp³-hybridized carbons (Fsp3) is 0.286. The highest BCUT2D eigenvalue weighted by Gasteiger charge is 2.17. The van der Waals surface area contributed by atoms with Gasteiger partial charge in [-0.1, -0.05) is 11.3 Å². The third-order valence-corrected chi connectivity index (χ3v) is 3.66. The number of anilines is 1. The Kier molecular flexibility index (Phi) is 5.02. The van der Waals surface area contributed by atoms with E-state index >= 15 is 0 Å². The summed E-state index contributed by atoms with van der Waals surface area (Å²) >= 11 is 4.49. The number of hydrogen-bond donors (Lipinski definition) is 1. The number of nitrogens with zero attached hydrogens (tertiary/aromatic N) is 1. The Bertz CT molecular complexity index is 685. The summed E-state index contributed by atoms with van der Waals surface area (Å²) in [5, 5.41) is 4.49. The van der Waals surface area contributed by atoms with Crippen molar-refractivity contribution >= 4 is 39.0 Å². The first-order chi connectivity index (χ1) is 10.2. The van der Waals surface area contributed by atoms with Gasteiger partial charge in [-0.15, -0.1) is 0 Å². The van der Waals surface area contributed by atoms with Crippen LogP contribution in [0.15, 0.2) is 28.2 Å². The van der Waals surface area contributed by atoms with Gasteiger partial charge in [0.05, 0.1) is 5.69 Å². The Morgan fingerprint density at radius 2 is 2.14 bits per heavy atom. The summed E-state index contributed by atoms with van der Waals surface area (Å²) in [6.45, 7) is 5.18. The van der Waals surface area contributed by atoms with Crippen LogP contribution < -0.4 is 10.1 Å². The van der Waals surface area contributed by atoms with Crippen LogP contribution in [0, 0.1) is 5.82 Å². The van der Waals surface area contributed by atoms with Crippen molar-refractivity contribution in [2.45, 2.75) is 26.4 Å². The predicted molar refractivity (Wildman–Crippen MR) is 86.1 cm³/mol. The molecule has 0 unspecified atom stereocenters. The predicted octanol–water partition coefficient (Wildman–Crippen LogP) is 5.18. The Balaban J connectivity index is 2.05. The number of amides is 1. The fourth-order valence-electron chi connectivity index (χ4n) is 1.46. The van der Waals surface area contributed by atoms with Gasteiger partial charge in [-0.2, -0.15) is 4.98 Å². The molecule has 0 fully saturated rings. The van der Waals surface area contributed by atoms with Crippen molar-refractivity contribution in [3.63, 3.8) is 0 Å². The second kappa shape index (κ2) is 6.62. The number of hydrogen-bond acceptors (Lipinski definition) is 5. The van der Waals surface area contributed by atoms with Gasteiger partial charge in [-0.25, -0.2) is 9.18 Å². The number of thiazole rings is 1. The summed E-state index contributed by atoms with van der Waals surface area (Å²) < 4.78 is 25.1. The molecule has 1 N–H and O–H groups in total. The number of carbonyl (C=O) groups is 1. The first-order valence-electron chi connectivity index (χ1n) is 6.31. The second-order valence-corrected chi connectivity index (χ2v) is 6.94. The van der Waals surface area contributed by atoms with Crippen molar-refractivity contribution in [1.82, 2.24) is 4.98 Å². The maximum atomic E-state index is 14.0. The lowest BCUT2D eigenvalue weighted by atomic mass is 10.2. The molecule has 1 amide bonds. The third kappa shape index (κ3) is 4.96. The van der Waals surface area contributed by atoms with Crippen LogP contribution in [0.4, 0.5) is 14.9 Å². The number of ether oxygens (including phenoxy) is 2. The monoisotopic (exact) mass is 388 g/mol. The molecule has 5 nitrogen and oxygen atoms in total. The van der Waals surface area contributed by atoms with E-state index in [9.17, 15) is 9.18 Å². The molecule has 0 atom stereocenters. The molecule has 0 aliphatic rings. The lowest BCUT2D eigenvalue weighted by Crippen LogP contribution is -2.27. The molecular formula is C14H14BrFN2O3S. The molecule has 0 aliphatic carbocycles. The summed E-state index contributed by atoms with van der Waals surface area (Å²) in [6, 6.07) is 4.10. The molecule has 22 heavy (non-hydrogen) atoms. The number of carbonyl (C=O) groups excluding carboxylic acids is 1. The van der Waals surface area contributed by atoms with E-state index in [4.69, 9.17) is 9.47 Å². The van der Waals surface area contributed by atoms with E-state index < -0.39 is 17.5 Å². The molecule has 1 aromatic carbocycles. The topological polar surface area (TPSA) is 60.5 Å². The van der Waals surface area contributed by atoms with Crippen molar-refractivity contribution in [3.8, 4) is 10.9 Å². The van der Waals surface area contributed by atoms with Gasteiger partial charge >= 0.3 is 6.09 Å². The van der Waals surface area contributed by atoms with Gasteiger partial charge in [0.2, 0.25) is 0 Å². The smallest absolute Gasteiger partial charge is 0.412 e. The largest absolute Gasteiger partial charge is 0.444 e. The first kappa shape index (κ1) is 16.7. The third-order valence-electron chi connectivity index (χ3n) is 2.24. The Hall–Kier alpha value is -1.67. The van der Waals surface area contributed by atoms with Gasteiger partial charge in [0.1, 0.15) is 16.0 Å². The first-order valence-corrected chi connectivity index (χ1v) is 7.98. The lowest BCUT2D eigenvalue weighted by Gasteiger charge is -2.19. The van der Waals surface area contributed by atoms with Crippen LogP contribution >= 0.6 is 27.3 Å². The molecule has 2 rings (SSSR count). The van der Waals surface area contributed by atoms with E-state index in [-0.39, 0.29) is 11.4 Å². The maximum Gasteiger partial charge on any atom is 0.412 e. The molecule has 1 aromatic heterocycles. The van der Waals surface area contributed by atoms with Crippen molar-refractivity contribution in [1.29, 1.82) is 0 Å². The number of rotatable bonds is 3. The van der Waals surface area contributed by atoms with Crippen molar-refractivity contribution in [3.05, 3.63) is 34.0 Å². The highest BCUT2D eigenvalue weighted by atomic mass is 79.9. The fourth-order valence-corrected chi connectivity index (χ4v) is 2.57.